The summed E-state index contributed by atoms with van der Waals surface area (Å²) in [6.07, 6.45) is -0.0824. The Morgan fingerprint density at radius 1 is 1.30 bits per heavy atom. The molecule has 1 saturated heterocycles. The van der Waals surface area contributed by atoms with Gasteiger partial charge in [0.25, 0.3) is 5.91 Å². The average molecular weight is 274 g/mol. The zero-order chi connectivity index (χ0) is 14.4. The van der Waals surface area contributed by atoms with Crippen molar-refractivity contribution in [3.63, 3.8) is 0 Å². The summed E-state index contributed by atoms with van der Waals surface area (Å²) in [7, 11) is 0. The Balaban J connectivity index is 1.99. The number of nitrogens with one attached hydrogen (secondary N) is 1. The Morgan fingerprint density at radius 3 is 2.65 bits per heavy atom. The maximum absolute atomic E-state index is 12.3. The molecule has 2 N–H and O–H groups in total. The second kappa shape index (κ2) is 4.16. The third kappa shape index (κ3) is 1.67. The van der Waals surface area contributed by atoms with Gasteiger partial charge in [0.1, 0.15) is 6.04 Å². The van der Waals surface area contributed by atoms with E-state index < -0.39 is 29.7 Å². The number of benzene rings is 1. The Kier molecular flexibility index (Phi) is 2.56. The number of carboxylic acid groups (broad SMARTS) is 1. The molecule has 0 aromatic heterocycles. The molecule has 1 aromatic rings. The molecule has 0 aliphatic carbocycles. The maximum Gasteiger partial charge on any atom is 0.336 e. The molecule has 1 unspecified atom stereocenters. The van der Waals surface area contributed by atoms with Gasteiger partial charge in [-0.3, -0.25) is 19.7 Å². The Bertz CT molecular complexity index is 667. The van der Waals surface area contributed by atoms with Gasteiger partial charge in [-0.15, -0.1) is 0 Å². The predicted molar refractivity (Wildman–Crippen MR) is 64.8 cm³/mol. The minimum Gasteiger partial charge on any atom is -0.478 e. The molecule has 1 aromatic carbocycles. The van der Waals surface area contributed by atoms with Gasteiger partial charge >= 0.3 is 5.97 Å². The van der Waals surface area contributed by atoms with Crippen LogP contribution in [0.3, 0.4) is 0 Å². The number of nitrogens with zero attached hydrogens (tertiary/aromatic N) is 1. The van der Waals surface area contributed by atoms with Gasteiger partial charge in [-0.05, 0) is 11.6 Å². The smallest absolute Gasteiger partial charge is 0.336 e. The van der Waals surface area contributed by atoms with Crippen molar-refractivity contribution in [2.75, 3.05) is 0 Å². The van der Waals surface area contributed by atoms with Crippen molar-refractivity contribution in [1.29, 1.82) is 0 Å². The van der Waals surface area contributed by atoms with E-state index in [1.54, 1.807) is 12.1 Å². The number of carbonyl (C=O) groups excluding carboxylic acids is 3. The van der Waals surface area contributed by atoms with Crippen LogP contribution in [0.5, 0.6) is 0 Å². The summed E-state index contributed by atoms with van der Waals surface area (Å²) in [5, 5.41) is 11.2. The number of hydrogen-bond donors (Lipinski definition) is 2. The van der Waals surface area contributed by atoms with Gasteiger partial charge in [-0.1, -0.05) is 12.1 Å². The molecule has 3 amide bonds. The predicted octanol–water partition coefficient (Wildman–Crippen LogP) is -0.244. The van der Waals surface area contributed by atoms with Crippen molar-refractivity contribution in [1.82, 2.24) is 10.2 Å². The molecule has 3 rings (SSSR count). The third-order valence-corrected chi connectivity index (χ3v) is 3.52. The summed E-state index contributed by atoms with van der Waals surface area (Å²) in [6.45, 7) is 0.140. The van der Waals surface area contributed by atoms with Crippen LogP contribution < -0.4 is 5.32 Å². The van der Waals surface area contributed by atoms with Crippen molar-refractivity contribution >= 4 is 23.7 Å². The molecule has 1 fully saturated rings. The molecular formula is C13H10N2O5. The van der Waals surface area contributed by atoms with Crippen molar-refractivity contribution in [2.45, 2.75) is 19.0 Å². The number of hydrogen-bond acceptors (Lipinski definition) is 4. The topological polar surface area (TPSA) is 104 Å². The molecule has 0 bridgehead atoms. The van der Waals surface area contributed by atoms with Crippen LogP contribution in [0.2, 0.25) is 0 Å². The number of carboxylic acids is 1. The molecule has 2 aliphatic heterocycles. The van der Waals surface area contributed by atoms with Crippen LogP contribution in [-0.2, 0) is 16.1 Å². The number of rotatable bonds is 2. The van der Waals surface area contributed by atoms with Crippen LogP contribution in [0.25, 0.3) is 0 Å². The monoisotopic (exact) mass is 274 g/mol. The second-order valence-corrected chi connectivity index (χ2v) is 4.71. The Morgan fingerprint density at radius 2 is 2.05 bits per heavy atom. The van der Waals surface area contributed by atoms with E-state index in [0.717, 1.165) is 0 Å². The van der Waals surface area contributed by atoms with Crippen LogP contribution in [0.1, 0.15) is 32.7 Å². The molecule has 102 valence electrons. The van der Waals surface area contributed by atoms with E-state index >= 15 is 0 Å². The first-order valence-electron chi connectivity index (χ1n) is 5.99. The lowest BCUT2D eigenvalue weighted by atomic mass is 10.0. The highest BCUT2D eigenvalue weighted by molar-refractivity contribution is 6.12. The van der Waals surface area contributed by atoms with Crippen molar-refractivity contribution in [3.05, 3.63) is 34.9 Å². The number of carbonyl (C=O) groups is 4. The van der Waals surface area contributed by atoms with Gasteiger partial charge in [-0.25, -0.2) is 4.79 Å². The van der Waals surface area contributed by atoms with Crippen LogP contribution in [0, 0.1) is 0 Å². The largest absolute Gasteiger partial charge is 0.478 e. The fourth-order valence-electron chi connectivity index (χ4n) is 2.61. The minimum absolute atomic E-state index is 0.0824. The average Bonchev–Trinajstić information content (AvgIpc) is 2.89. The van der Waals surface area contributed by atoms with E-state index in [2.05, 4.69) is 5.32 Å². The quantitative estimate of drug-likeness (QED) is 0.724. The van der Waals surface area contributed by atoms with Crippen molar-refractivity contribution < 1.29 is 24.3 Å². The molecule has 0 radical (unpaired) electrons. The molecule has 7 nitrogen and oxygen atoms in total. The van der Waals surface area contributed by atoms with Gasteiger partial charge < -0.3 is 10.0 Å². The molecule has 2 aliphatic rings. The van der Waals surface area contributed by atoms with Gasteiger partial charge in [-0.2, -0.15) is 0 Å². The SMILES string of the molecule is O=C1CC(N2Cc3cccc(C(=O)O)c3C2=O)C(=O)N1. The summed E-state index contributed by atoms with van der Waals surface area (Å²) in [4.78, 5) is 47.6. The highest BCUT2D eigenvalue weighted by Gasteiger charge is 2.42. The fraction of sp³-hybridized carbons (Fsp3) is 0.231. The molecule has 0 saturated carbocycles. The summed E-state index contributed by atoms with van der Waals surface area (Å²) < 4.78 is 0. The van der Waals surface area contributed by atoms with E-state index in [4.69, 9.17) is 5.11 Å². The van der Waals surface area contributed by atoms with Crippen molar-refractivity contribution in [3.8, 4) is 0 Å². The zero-order valence-corrected chi connectivity index (χ0v) is 10.3. The lowest BCUT2D eigenvalue weighted by molar-refractivity contribution is -0.126. The molecular weight excluding hydrogens is 264 g/mol. The molecule has 20 heavy (non-hydrogen) atoms. The fourth-order valence-corrected chi connectivity index (χ4v) is 2.61. The number of imide groups is 1. The zero-order valence-electron chi connectivity index (χ0n) is 10.3. The van der Waals surface area contributed by atoms with Crippen molar-refractivity contribution in [2.24, 2.45) is 0 Å². The molecule has 2 heterocycles. The third-order valence-electron chi connectivity index (χ3n) is 3.52. The number of amides is 3. The number of aromatic carboxylic acids is 1. The van der Waals surface area contributed by atoms with Crippen LogP contribution in [0.4, 0.5) is 0 Å². The van der Waals surface area contributed by atoms with Crippen LogP contribution >= 0.6 is 0 Å². The van der Waals surface area contributed by atoms with Gasteiger partial charge in [0.15, 0.2) is 0 Å². The van der Waals surface area contributed by atoms with E-state index in [9.17, 15) is 19.2 Å². The highest BCUT2D eigenvalue weighted by atomic mass is 16.4. The lowest BCUT2D eigenvalue weighted by Crippen LogP contribution is -2.40. The molecule has 0 spiro atoms. The number of fused-ring (bicyclic) bond motifs is 1. The maximum atomic E-state index is 12.3. The summed E-state index contributed by atoms with van der Waals surface area (Å²) in [5.41, 5.74) is 0.578. The van der Waals surface area contributed by atoms with E-state index in [0.29, 0.717) is 5.56 Å². The second-order valence-electron chi connectivity index (χ2n) is 4.71. The lowest BCUT2D eigenvalue weighted by Gasteiger charge is -2.20. The van der Waals surface area contributed by atoms with E-state index in [-0.39, 0.29) is 24.1 Å². The Hall–Kier alpha value is -2.70. The van der Waals surface area contributed by atoms with E-state index in [1.165, 1.54) is 11.0 Å². The normalized spacial score (nSPS) is 21.1. The molecule has 1 atom stereocenters. The van der Waals surface area contributed by atoms with E-state index in [1.807, 2.05) is 0 Å². The summed E-state index contributed by atoms with van der Waals surface area (Å²) in [5.74, 6) is -2.66. The standard InChI is InChI=1S/C13H10N2O5/c16-9-4-8(11(17)14-9)15-5-6-2-1-3-7(13(19)20)10(6)12(15)18/h1-3,8H,4-5H2,(H,19,20)(H,14,16,17). The van der Waals surface area contributed by atoms with Gasteiger partial charge in [0.05, 0.1) is 17.5 Å². The first kappa shape index (κ1) is 12.3. The van der Waals surface area contributed by atoms with Crippen LogP contribution in [-0.4, -0.2) is 39.7 Å². The highest BCUT2D eigenvalue weighted by Crippen LogP contribution is 2.29. The summed E-state index contributed by atoms with van der Waals surface area (Å²) in [6, 6.07) is 3.69. The minimum atomic E-state index is -1.19. The first-order chi connectivity index (χ1) is 9.49. The van der Waals surface area contributed by atoms with Crippen LogP contribution in [0.15, 0.2) is 18.2 Å². The first-order valence-corrected chi connectivity index (χ1v) is 5.99. The summed E-state index contributed by atoms with van der Waals surface area (Å²) >= 11 is 0. The van der Waals surface area contributed by atoms with Gasteiger partial charge in [0.2, 0.25) is 11.8 Å². The van der Waals surface area contributed by atoms with Gasteiger partial charge in [0, 0.05) is 6.54 Å². The molecule has 7 heteroatoms. The Labute approximate surface area is 113 Å².